The van der Waals surface area contributed by atoms with Gasteiger partial charge in [-0.05, 0) is 19.9 Å². The van der Waals surface area contributed by atoms with Gasteiger partial charge in [0.1, 0.15) is 5.54 Å². The second kappa shape index (κ2) is 5.05. The molecule has 0 aliphatic heterocycles. The van der Waals surface area contributed by atoms with Crippen LogP contribution in [0.25, 0.3) is 0 Å². The summed E-state index contributed by atoms with van der Waals surface area (Å²) in [5, 5.41) is 19.7. The van der Waals surface area contributed by atoms with Crippen molar-refractivity contribution in [3.8, 4) is 0 Å². The van der Waals surface area contributed by atoms with Gasteiger partial charge in [-0.2, -0.15) is 0 Å². The number of non-ortho nitro benzene ring substituents is 1. The van der Waals surface area contributed by atoms with Gasteiger partial charge in [-0.1, -0.05) is 6.07 Å². The number of likely N-dealkylation sites (N-methyl/N-ethyl adjacent to an activating group) is 1. The number of nitro benzene ring substituents is 1. The number of carbonyl (C=O) groups is 2. The summed E-state index contributed by atoms with van der Waals surface area (Å²) in [5.74, 6) is -1.75. The van der Waals surface area contributed by atoms with E-state index in [4.69, 9.17) is 5.11 Å². The van der Waals surface area contributed by atoms with Crippen LogP contribution in [0.3, 0.4) is 0 Å². The van der Waals surface area contributed by atoms with Crippen LogP contribution in [-0.2, 0) is 4.79 Å². The van der Waals surface area contributed by atoms with Gasteiger partial charge in [0.2, 0.25) is 0 Å². The van der Waals surface area contributed by atoms with E-state index in [2.05, 4.69) is 0 Å². The third-order valence-corrected chi connectivity index (χ3v) is 2.97. The highest BCUT2D eigenvalue weighted by molar-refractivity contribution is 5.97. The quantitative estimate of drug-likeness (QED) is 0.657. The Bertz CT molecular complexity index is 539. The second-order valence-corrected chi connectivity index (χ2v) is 4.54. The number of amides is 1. The van der Waals surface area contributed by atoms with Crippen LogP contribution in [0.1, 0.15) is 24.2 Å². The summed E-state index contributed by atoms with van der Waals surface area (Å²) < 4.78 is 0. The van der Waals surface area contributed by atoms with Gasteiger partial charge in [-0.25, -0.2) is 4.79 Å². The zero-order valence-electron chi connectivity index (χ0n) is 10.8. The number of carbonyl (C=O) groups excluding carboxylic acids is 1. The lowest BCUT2D eigenvalue weighted by Gasteiger charge is -2.31. The fourth-order valence-corrected chi connectivity index (χ4v) is 1.34. The third-order valence-electron chi connectivity index (χ3n) is 2.97. The predicted molar refractivity (Wildman–Crippen MR) is 66.9 cm³/mol. The van der Waals surface area contributed by atoms with E-state index in [1.54, 1.807) is 0 Å². The number of carboxylic acids is 1. The fraction of sp³-hybridized carbons (Fsp3) is 0.333. The molecule has 0 aliphatic carbocycles. The Hall–Kier alpha value is -2.44. The molecule has 7 nitrogen and oxygen atoms in total. The summed E-state index contributed by atoms with van der Waals surface area (Å²) in [6.45, 7) is 2.76. The van der Waals surface area contributed by atoms with Gasteiger partial charge in [-0.15, -0.1) is 0 Å². The zero-order chi connectivity index (χ0) is 14.8. The minimum atomic E-state index is -1.40. The van der Waals surface area contributed by atoms with Crippen molar-refractivity contribution in [3.05, 3.63) is 39.9 Å². The molecule has 1 amide bonds. The minimum absolute atomic E-state index is 0.0750. The van der Waals surface area contributed by atoms with Gasteiger partial charge < -0.3 is 10.0 Å². The Morgan fingerprint density at radius 2 is 1.95 bits per heavy atom. The van der Waals surface area contributed by atoms with Crippen LogP contribution >= 0.6 is 0 Å². The van der Waals surface area contributed by atoms with E-state index in [0.717, 1.165) is 11.0 Å². The average molecular weight is 266 g/mol. The Balaban J connectivity index is 3.10. The first kappa shape index (κ1) is 14.6. The molecule has 0 saturated heterocycles. The first-order valence-electron chi connectivity index (χ1n) is 5.44. The lowest BCUT2D eigenvalue weighted by Crippen LogP contribution is -2.50. The van der Waals surface area contributed by atoms with Crippen LogP contribution in [0.2, 0.25) is 0 Å². The summed E-state index contributed by atoms with van der Waals surface area (Å²) >= 11 is 0. The minimum Gasteiger partial charge on any atom is -0.480 e. The van der Waals surface area contributed by atoms with Gasteiger partial charge >= 0.3 is 5.97 Å². The standard InChI is InChI=1S/C12H14N2O5/c1-12(2,11(16)17)13(3)10(15)8-5-4-6-9(7-8)14(18)19/h4-7H,1-3H3,(H,16,17). The highest BCUT2D eigenvalue weighted by Crippen LogP contribution is 2.19. The maximum atomic E-state index is 12.1. The maximum Gasteiger partial charge on any atom is 0.329 e. The van der Waals surface area contributed by atoms with Crippen molar-refractivity contribution in [1.82, 2.24) is 4.90 Å². The van der Waals surface area contributed by atoms with Gasteiger partial charge in [0.15, 0.2) is 0 Å². The number of hydrogen-bond acceptors (Lipinski definition) is 4. The molecule has 1 aromatic carbocycles. The van der Waals surface area contributed by atoms with Crippen LogP contribution in [0.15, 0.2) is 24.3 Å². The van der Waals surface area contributed by atoms with Gasteiger partial charge in [-0.3, -0.25) is 14.9 Å². The maximum absolute atomic E-state index is 12.1. The van der Waals surface area contributed by atoms with Crippen LogP contribution in [-0.4, -0.2) is 39.4 Å². The van der Waals surface area contributed by atoms with Crippen LogP contribution in [0.4, 0.5) is 5.69 Å². The molecule has 7 heteroatoms. The Kier molecular flexibility index (Phi) is 3.89. The van der Waals surface area contributed by atoms with Crippen molar-refractivity contribution in [1.29, 1.82) is 0 Å². The van der Waals surface area contributed by atoms with E-state index < -0.39 is 22.3 Å². The number of nitro groups is 1. The molecule has 19 heavy (non-hydrogen) atoms. The highest BCUT2D eigenvalue weighted by atomic mass is 16.6. The Morgan fingerprint density at radius 1 is 1.37 bits per heavy atom. The molecule has 0 bridgehead atoms. The molecule has 1 rings (SSSR count). The van der Waals surface area contributed by atoms with Crippen LogP contribution in [0.5, 0.6) is 0 Å². The first-order valence-corrected chi connectivity index (χ1v) is 5.44. The molecule has 102 valence electrons. The summed E-state index contributed by atoms with van der Waals surface area (Å²) in [4.78, 5) is 34.2. The van der Waals surface area contributed by atoms with Crippen molar-refractivity contribution in [3.63, 3.8) is 0 Å². The number of carboxylic acid groups (broad SMARTS) is 1. The van der Waals surface area contributed by atoms with Gasteiger partial charge in [0.05, 0.1) is 4.92 Å². The lowest BCUT2D eigenvalue weighted by atomic mass is 10.0. The smallest absolute Gasteiger partial charge is 0.329 e. The zero-order valence-corrected chi connectivity index (χ0v) is 10.8. The molecule has 0 radical (unpaired) electrons. The average Bonchev–Trinajstić information content (AvgIpc) is 2.36. The van der Waals surface area contributed by atoms with E-state index in [1.807, 2.05) is 0 Å². The van der Waals surface area contributed by atoms with Crippen molar-refractivity contribution in [2.45, 2.75) is 19.4 Å². The number of hydrogen-bond donors (Lipinski definition) is 1. The molecule has 0 spiro atoms. The lowest BCUT2D eigenvalue weighted by molar-refractivity contribution is -0.384. The van der Waals surface area contributed by atoms with Gasteiger partial charge in [0.25, 0.3) is 11.6 Å². The highest BCUT2D eigenvalue weighted by Gasteiger charge is 2.35. The number of aliphatic carboxylic acids is 1. The fourth-order valence-electron chi connectivity index (χ4n) is 1.34. The Morgan fingerprint density at radius 3 is 2.42 bits per heavy atom. The first-order chi connectivity index (χ1) is 8.67. The Labute approximate surface area is 109 Å². The van der Waals surface area contributed by atoms with Crippen molar-refractivity contribution >= 4 is 17.6 Å². The normalized spacial score (nSPS) is 10.9. The van der Waals surface area contributed by atoms with E-state index in [-0.39, 0.29) is 11.3 Å². The molecule has 1 N–H and O–H groups in total. The molecular weight excluding hydrogens is 252 g/mol. The van der Waals surface area contributed by atoms with E-state index in [0.29, 0.717) is 0 Å². The summed E-state index contributed by atoms with van der Waals surface area (Å²) in [7, 11) is 1.34. The van der Waals surface area contributed by atoms with E-state index in [1.165, 1.54) is 39.1 Å². The predicted octanol–water partition coefficient (Wildman–Crippen LogP) is 1.53. The number of nitrogens with zero attached hydrogens (tertiary/aromatic N) is 2. The SMILES string of the molecule is CN(C(=O)c1cccc([N+](=O)[O-])c1)C(C)(C)C(=O)O. The molecular formula is C12H14N2O5. The topological polar surface area (TPSA) is 101 Å². The second-order valence-electron chi connectivity index (χ2n) is 4.54. The van der Waals surface area contributed by atoms with Gasteiger partial charge in [0, 0.05) is 24.7 Å². The number of rotatable bonds is 4. The molecule has 0 atom stereocenters. The van der Waals surface area contributed by atoms with Crippen molar-refractivity contribution in [2.24, 2.45) is 0 Å². The molecule has 0 saturated carbocycles. The van der Waals surface area contributed by atoms with Crippen LogP contribution < -0.4 is 0 Å². The van der Waals surface area contributed by atoms with E-state index in [9.17, 15) is 19.7 Å². The summed E-state index contributed by atoms with van der Waals surface area (Å²) in [5.41, 5.74) is -1.54. The molecule has 0 heterocycles. The molecule has 0 fully saturated rings. The molecule has 1 aromatic rings. The molecule has 0 aliphatic rings. The summed E-state index contributed by atoms with van der Waals surface area (Å²) in [6, 6.07) is 5.17. The van der Waals surface area contributed by atoms with E-state index >= 15 is 0 Å². The molecule has 0 aromatic heterocycles. The van der Waals surface area contributed by atoms with Crippen LogP contribution in [0, 0.1) is 10.1 Å². The van der Waals surface area contributed by atoms with Crippen molar-refractivity contribution in [2.75, 3.05) is 7.05 Å². The third kappa shape index (κ3) is 2.87. The number of benzene rings is 1. The molecule has 0 unspecified atom stereocenters. The summed E-state index contributed by atoms with van der Waals surface area (Å²) in [6.07, 6.45) is 0. The van der Waals surface area contributed by atoms with Crippen molar-refractivity contribution < 1.29 is 19.6 Å². The largest absolute Gasteiger partial charge is 0.480 e. The monoisotopic (exact) mass is 266 g/mol.